The Bertz CT molecular complexity index is 1040. The molecule has 0 saturated heterocycles. The van der Waals surface area contributed by atoms with Gasteiger partial charge in [-0.3, -0.25) is 0 Å². The quantitative estimate of drug-likeness (QED) is 0.555. The van der Waals surface area contributed by atoms with Gasteiger partial charge in [0.05, 0.1) is 11.4 Å². The van der Waals surface area contributed by atoms with E-state index in [1.807, 2.05) is 36.4 Å². The summed E-state index contributed by atoms with van der Waals surface area (Å²) in [5, 5.41) is 0. The molecule has 0 amide bonds. The smallest absolute Gasteiger partial charge is 0.160 e. The predicted octanol–water partition coefficient (Wildman–Crippen LogP) is 5.98. The van der Waals surface area contributed by atoms with Crippen molar-refractivity contribution < 1.29 is 0 Å². The van der Waals surface area contributed by atoms with E-state index < -0.39 is 0 Å². The molecule has 2 heteroatoms. The second-order valence-electron chi connectivity index (χ2n) is 6.82. The second-order valence-corrected chi connectivity index (χ2v) is 6.82. The maximum Gasteiger partial charge on any atom is 0.160 e. The van der Waals surface area contributed by atoms with E-state index in [0.717, 1.165) is 40.4 Å². The molecule has 0 spiro atoms. The predicted molar refractivity (Wildman–Crippen MR) is 114 cm³/mol. The number of aliphatic imine (C=N–C) groups is 2. The monoisotopic (exact) mass is 350 g/mol. The maximum atomic E-state index is 4.98. The van der Waals surface area contributed by atoms with Crippen molar-refractivity contribution in [3.8, 4) is 0 Å². The minimum Gasteiger partial charge on any atom is -0.232 e. The minimum atomic E-state index is 0.757. The third-order valence-corrected chi connectivity index (χ3v) is 4.90. The summed E-state index contributed by atoms with van der Waals surface area (Å²) in [6, 6.07) is 27.1. The lowest BCUT2D eigenvalue weighted by Gasteiger charge is -2.07. The molecule has 0 fully saturated rings. The largest absolute Gasteiger partial charge is 0.232 e. The van der Waals surface area contributed by atoms with Crippen molar-refractivity contribution >= 4 is 17.2 Å². The highest BCUT2D eigenvalue weighted by atomic mass is 14.9. The van der Waals surface area contributed by atoms with Crippen LogP contribution in [0.1, 0.15) is 34.2 Å². The Morgan fingerprint density at radius 1 is 0.630 bits per heavy atom. The summed E-state index contributed by atoms with van der Waals surface area (Å²) in [6.45, 7) is 4.28. The summed E-state index contributed by atoms with van der Waals surface area (Å²) in [7, 11) is 0. The van der Waals surface area contributed by atoms with Crippen LogP contribution in [0.4, 0.5) is 0 Å². The van der Waals surface area contributed by atoms with Crippen LogP contribution in [0, 0.1) is 13.8 Å². The molecular weight excluding hydrogens is 328 g/mol. The molecule has 0 atom stereocenters. The molecule has 3 aromatic rings. The SMILES string of the molecule is Cc1ccc(C2=NC(c3ccccc3)=NC(c3ccccc3)=CC2)cc1C. The van der Waals surface area contributed by atoms with Crippen LogP contribution in [0.15, 0.2) is 94.9 Å². The van der Waals surface area contributed by atoms with Crippen LogP contribution in [0.5, 0.6) is 0 Å². The summed E-state index contributed by atoms with van der Waals surface area (Å²) in [4.78, 5) is 9.90. The molecule has 1 aliphatic heterocycles. The van der Waals surface area contributed by atoms with Crippen LogP contribution < -0.4 is 0 Å². The van der Waals surface area contributed by atoms with E-state index >= 15 is 0 Å². The van der Waals surface area contributed by atoms with Gasteiger partial charge in [0, 0.05) is 12.0 Å². The first-order valence-electron chi connectivity index (χ1n) is 9.25. The summed E-state index contributed by atoms with van der Waals surface area (Å²) in [6.07, 6.45) is 2.94. The average Bonchev–Trinajstić information content (AvgIpc) is 2.95. The molecule has 0 aliphatic carbocycles. The van der Waals surface area contributed by atoms with Gasteiger partial charge in [-0.1, -0.05) is 78.9 Å². The van der Waals surface area contributed by atoms with Crippen molar-refractivity contribution in [1.29, 1.82) is 0 Å². The highest BCUT2D eigenvalue weighted by molar-refractivity contribution is 6.15. The number of benzene rings is 3. The van der Waals surface area contributed by atoms with Crippen LogP contribution in [0.25, 0.3) is 5.70 Å². The fourth-order valence-corrected chi connectivity index (χ4v) is 3.16. The van der Waals surface area contributed by atoms with Gasteiger partial charge in [-0.25, -0.2) is 9.98 Å². The van der Waals surface area contributed by atoms with Gasteiger partial charge in [-0.05, 0) is 42.2 Å². The van der Waals surface area contributed by atoms with Gasteiger partial charge in [0.2, 0.25) is 0 Å². The van der Waals surface area contributed by atoms with Crippen LogP contribution in [-0.2, 0) is 0 Å². The Balaban J connectivity index is 1.83. The van der Waals surface area contributed by atoms with Gasteiger partial charge in [-0.2, -0.15) is 0 Å². The van der Waals surface area contributed by atoms with Crippen molar-refractivity contribution in [2.45, 2.75) is 20.3 Å². The molecule has 0 bridgehead atoms. The van der Waals surface area contributed by atoms with Crippen LogP contribution in [-0.4, -0.2) is 11.5 Å². The molecule has 132 valence electrons. The van der Waals surface area contributed by atoms with Crippen LogP contribution in [0.2, 0.25) is 0 Å². The number of rotatable bonds is 3. The van der Waals surface area contributed by atoms with Gasteiger partial charge in [0.1, 0.15) is 0 Å². The molecule has 4 rings (SSSR count). The highest BCUT2D eigenvalue weighted by Gasteiger charge is 2.13. The Morgan fingerprint density at radius 3 is 1.96 bits per heavy atom. The van der Waals surface area contributed by atoms with Gasteiger partial charge in [0.15, 0.2) is 5.84 Å². The first kappa shape index (κ1) is 17.2. The molecule has 0 radical (unpaired) electrons. The Hall–Kier alpha value is -3.26. The van der Waals surface area contributed by atoms with Gasteiger partial charge < -0.3 is 0 Å². The van der Waals surface area contributed by atoms with Gasteiger partial charge in [0.25, 0.3) is 0 Å². The van der Waals surface area contributed by atoms with E-state index in [2.05, 4.69) is 62.4 Å². The van der Waals surface area contributed by atoms with E-state index in [9.17, 15) is 0 Å². The van der Waals surface area contributed by atoms with Crippen LogP contribution in [0.3, 0.4) is 0 Å². The minimum absolute atomic E-state index is 0.757. The van der Waals surface area contributed by atoms with Crippen molar-refractivity contribution in [3.63, 3.8) is 0 Å². The molecule has 27 heavy (non-hydrogen) atoms. The maximum absolute atomic E-state index is 4.98. The van der Waals surface area contributed by atoms with Crippen molar-refractivity contribution in [1.82, 2.24) is 0 Å². The Kier molecular flexibility index (Phi) is 4.80. The molecule has 0 aromatic heterocycles. The van der Waals surface area contributed by atoms with Crippen molar-refractivity contribution in [2.24, 2.45) is 9.98 Å². The molecule has 3 aromatic carbocycles. The zero-order valence-electron chi connectivity index (χ0n) is 15.7. The third-order valence-electron chi connectivity index (χ3n) is 4.90. The van der Waals surface area contributed by atoms with Gasteiger partial charge >= 0.3 is 0 Å². The summed E-state index contributed by atoms with van der Waals surface area (Å²) < 4.78 is 0. The molecule has 0 unspecified atom stereocenters. The Labute approximate surface area is 160 Å². The molecule has 1 heterocycles. The Morgan fingerprint density at radius 2 is 1.30 bits per heavy atom. The number of aryl methyl sites for hydroxylation is 2. The van der Waals surface area contributed by atoms with Gasteiger partial charge in [-0.15, -0.1) is 0 Å². The molecule has 1 aliphatic rings. The normalized spacial score (nSPS) is 14.1. The fraction of sp³-hybridized carbons (Fsp3) is 0.120. The van der Waals surface area contributed by atoms with Crippen molar-refractivity contribution in [2.75, 3.05) is 0 Å². The number of amidine groups is 1. The van der Waals surface area contributed by atoms with E-state index in [1.165, 1.54) is 11.1 Å². The number of hydrogen-bond acceptors (Lipinski definition) is 2. The van der Waals surface area contributed by atoms with E-state index in [4.69, 9.17) is 9.98 Å². The summed E-state index contributed by atoms with van der Waals surface area (Å²) in [5.41, 5.74) is 7.90. The average molecular weight is 350 g/mol. The fourth-order valence-electron chi connectivity index (χ4n) is 3.16. The molecule has 0 N–H and O–H groups in total. The third kappa shape index (κ3) is 3.80. The summed E-state index contributed by atoms with van der Waals surface area (Å²) >= 11 is 0. The standard InChI is InChI=1S/C25H22N2/c1-18-13-14-22(17-19(18)2)24-16-15-23(20-9-5-3-6-10-20)26-25(27-24)21-11-7-4-8-12-21/h3-15,17H,16H2,1-2H3. The van der Waals surface area contributed by atoms with E-state index in [1.54, 1.807) is 0 Å². The molecular formula is C25H22N2. The lowest BCUT2D eigenvalue weighted by molar-refractivity contribution is 1.32. The molecule has 2 nitrogen and oxygen atoms in total. The van der Waals surface area contributed by atoms with E-state index in [0.29, 0.717) is 0 Å². The zero-order valence-corrected chi connectivity index (χ0v) is 15.7. The topological polar surface area (TPSA) is 24.7 Å². The number of nitrogens with zero attached hydrogens (tertiary/aromatic N) is 2. The first-order valence-corrected chi connectivity index (χ1v) is 9.25. The molecule has 0 saturated carbocycles. The number of allylic oxidation sites excluding steroid dienone is 1. The van der Waals surface area contributed by atoms with Crippen molar-refractivity contribution in [3.05, 3.63) is 113 Å². The lowest BCUT2D eigenvalue weighted by Crippen LogP contribution is -2.05. The zero-order chi connectivity index (χ0) is 18.6. The van der Waals surface area contributed by atoms with Crippen LogP contribution >= 0.6 is 0 Å². The lowest BCUT2D eigenvalue weighted by atomic mass is 10.0. The highest BCUT2D eigenvalue weighted by Crippen LogP contribution is 2.23. The first-order chi connectivity index (χ1) is 13.2. The second kappa shape index (κ2) is 7.55. The number of hydrogen-bond donors (Lipinski definition) is 0. The summed E-state index contributed by atoms with van der Waals surface area (Å²) in [5.74, 6) is 0.761. The van der Waals surface area contributed by atoms with E-state index in [-0.39, 0.29) is 0 Å².